The fourth-order valence-electron chi connectivity index (χ4n) is 2.45. The summed E-state index contributed by atoms with van der Waals surface area (Å²) in [6, 6.07) is 4.29. The van der Waals surface area contributed by atoms with Crippen LogP contribution in [0.5, 0.6) is 0 Å². The minimum absolute atomic E-state index is 0.163. The first-order chi connectivity index (χ1) is 7.99. The summed E-state index contributed by atoms with van der Waals surface area (Å²) < 4.78 is 2.04. The number of nitrogens with zero attached hydrogens (tertiary/aromatic N) is 1. The number of aromatic nitrogens is 1. The van der Waals surface area contributed by atoms with Gasteiger partial charge in [0, 0.05) is 23.6 Å². The lowest BCUT2D eigenvalue weighted by atomic mass is 10.1. The van der Waals surface area contributed by atoms with Crippen LogP contribution < -0.4 is 0 Å². The van der Waals surface area contributed by atoms with Gasteiger partial charge in [0.1, 0.15) is 0 Å². The second kappa shape index (κ2) is 4.24. The van der Waals surface area contributed by atoms with Crippen LogP contribution >= 0.6 is 0 Å². The molecule has 0 spiro atoms. The molecule has 0 radical (unpaired) electrons. The monoisotopic (exact) mass is 231 g/mol. The molecule has 0 saturated carbocycles. The van der Waals surface area contributed by atoms with E-state index in [0.29, 0.717) is 6.54 Å². The smallest absolute Gasteiger partial charge is 0.305 e. The summed E-state index contributed by atoms with van der Waals surface area (Å²) in [7, 11) is 0. The molecule has 3 nitrogen and oxygen atoms in total. The molecule has 0 atom stereocenters. The van der Waals surface area contributed by atoms with Gasteiger partial charge in [-0.3, -0.25) is 4.79 Å². The molecule has 17 heavy (non-hydrogen) atoms. The third kappa shape index (κ3) is 2.18. The Kier molecular flexibility index (Phi) is 2.92. The fourth-order valence-corrected chi connectivity index (χ4v) is 2.45. The van der Waals surface area contributed by atoms with Crippen molar-refractivity contribution >= 4 is 16.9 Å². The highest BCUT2D eigenvalue weighted by atomic mass is 16.4. The lowest BCUT2D eigenvalue weighted by Crippen LogP contribution is -2.03. The van der Waals surface area contributed by atoms with E-state index in [1.807, 2.05) is 10.8 Å². The first-order valence-corrected chi connectivity index (χ1v) is 5.77. The Morgan fingerprint density at radius 2 is 1.94 bits per heavy atom. The van der Waals surface area contributed by atoms with Gasteiger partial charge in [-0.2, -0.15) is 0 Å². The number of carboxylic acid groups (broad SMARTS) is 1. The van der Waals surface area contributed by atoms with Crippen molar-refractivity contribution in [2.24, 2.45) is 0 Å². The number of aliphatic carboxylic acids is 1. The second-order valence-electron chi connectivity index (χ2n) is 4.63. The molecule has 2 rings (SSSR count). The standard InChI is InChI=1S/C14H17NO2/c1-9-6-10(2)14-11(3)8-15(12(14)7-9)5-4-13(16)17/h6-8H,4-5H2,1-3H3,(H,16,17). The summed E-state index contributed by atoms with van der Waals surface area (Å²) >= 11 is 0. The first kappa shape index (κ1) is 11.7. The van der Waals surface area contributed by atoms with Crippen molar-refractivity contribution in [3.05, 3.63) is 35.0 Å². The van der Waals surface area contributed by atoms with E-state index in [-0.39, 0.29) is 6.42 Å². The maximum absolute atomic E-state index is 10.6. The van der Waals surface area contributed by atoms with Crippen LogP contribution in [-0.2, 0) is 11.3 Å². The molecule has 0 fully saturated rings. The van der Waals surface area contributed by atoms with Crippen molar-refractivity contribution in [2.45, 2.75) is 33.7 Å². The van der Waals surface area contributed by atoms with Crippen LogP contribution in [0.15, 0.2) is 18.3 Å². The predicted octanol–water partition coefficient (Wildman–Crippen LogP) is 3.04. The molecule has 0 aliphatic carbocycles. The van der Waals surface area contributed by atoms with E-state index in [2.05, 4.69) is 32.9 Å². The Bertz CT molecular complexity index is 581. The van der Waals surface area contributed by atoms with E-state index in [4.69, 9.17) is 5.11 Å². The number of carboxylic acids is 1. The molecule has 0 aliphatic heterocycles. The molecular weight excluding hydrogens is 214 g/mol. The van der Waals surface area contributed by atoms with Crippen LogP contribution in [-0.4, -0.2) is 15.6 Å². The first-order valence-electron chi connectivity index (χ1n) is 5.77. The van der Waals surface area contributed by atoms with Gasteiger partial charge >= 0.3 is 5.97 Å². The van der Waals surface area contributed by atoms with Gasteiger partial charge in [-0.1, -0.05) is 6.07 Å². The van der Waals surface area contributed by atoms with Gasteiger partial charge in [0.15, 0.2) is 0 Å². The molecular formula is C14H17NO2. The molecule has 1 heterocycles. The normalized spacial score (nSPS) is 11.0. The third-order valence-electron chi connectivity index (χ3n) is 3.08. The fraction of sp³-hybridized carbons (Fsp3) is 0.357. The largest absolute Gasteiger partial charge is 0.481 e. The predicted molar refractivity (Wildman–Crippen MR) is 68.4 cm³/mol. The maximum atomic E-state index is 10.6. The van der Waals surface area contributed by atoms with Gasteiger partial charge in [-0.25, -0.2) is 0 Å². The summed E-state index contributed by atoms with van der Waals surface area (Å²) in [5, 5.41) is 10.0. The van der Waals surface area contributed by atoms with Gasteiger partial charge in [-0.15, -0.1) is 0 Å². The van der Waals surface area contributed by atoms with Crippen LogP contribution in [0.4, 0.5) is 0 Å². The number of rotatable bonds is 3. The number of hydrogen-bond donors (Lipinski definition) is 1. The molecule has 0 unspecified atom stereocenters. The molecule has 2 aromatic rings. The average molecular weight is 231 g/mol. The SMILES string of the molecule is Cc1cc(C)c2c(C)cn(CCC(=O)O)c2c1. The summed E-state index contributed by atoms with van der Waals surface area (Å²) in [4.78, 5) is 10.6. The maximum Gasteiger partial charge on any atom is 0.305 e. The van der Waals surface area contributed by atoms with Crippen LogP contribution in [0.25, 0.3) is 10.9 Å². The van der Waals surface area contributed by atoms with E-state index in [9.17, 15) is 4.79 Å². The number of fused-ring (bicyclic) bond motifs is 1. The molecule has 1 N–H and O–H groups in total. The van der Waals surface area contributed by atoms with E-state index in [1.165, 1.54) is 22.1 Å². The van der Waals surface area contributed by atoms with Crippen LogP contribution in [0, 0.1) is 20.8 Å². The lowest BCUT2D eigenvalue weighted by molar-refractivity contribution is -0.137. The number of hydrogen-bond acceptors (Lipinski definition) is 1. The zero-order valence-electron chi connectivity index (χ0n) is 10.4. The zero-order chi connectivity index (χ0) is 12.6. The Hall–Kier alpha value is -1.77. The van der Waals surface area contributed by atoms with E-state index < -0.39 is 5.97 Å². The average Bonchev–Trinajstić information content (AvgIpc) is 2.52. The number of carbonyl (C=O) groups is 1. The Balaban J connectivity index is 2.53. The van der Waals surface area contributed by atoms with Crippen LogP contribution in [0.3, 0.4) is 0 Å². The number of aryl methyl sites for hydroxylation is 4. The van der Waals surface area contributed by atoms with Gasteiger partial charge in [0.05, 0.1) is 6.42 Å². The third-order valence-corrected chi connectivity index (χ3v) is 3.08. The highest BCUT2D eigenvalue weighted by molar-refractivity contribution is 5.87. The van der Waals surface area contributed by atoms with Crippen molar-refractivity contribution in [2.75, 3.05) is 0 Å². The van der Waals surface area contributed by atoms with E-state index in [0.717, 1.165) is 5.52 Å². The van der Waals surface area contributed by atoms with Gasteiger partial charge in [0.2, 0.25) is 0 Å². The van der Waals surface area contributed by atoms with Crippen molar-refractivity contribution in [1.82, 2.24) is 4.57 Å². The molecule has 0 saturated heterocycles. The summed E-state index contributed by atoms with van der Waals surface area (Å²) in [6.45, 7) is 6.77. The van der Waals surface area contributed by atoms with Gasteiger partial charge < -0.3 is 9.67 Å². The van der Waals surface area contributed by atoms with Gasteiger partial charge in [-0.05, 0) is 43.5 Å². The van der Waals surface area contributed by atoms with E-state index in [1.54, 1.807) is 0 Å². The van der Waals surface area contributed by atoms with Gasteiger partial charge in [0.25, 0.3) is 0 Å². The summed E-state index contributed by atoms with van der Waals surface area (Å²) in [5.41, 5.74) is 4.82. The quantitative estimate of drug-likeness (QED) is 0.882. The van der Waals surface area contributed by atoms with Crippen molar-refractivity contribution in [3.63, 3.8) is 0 Å². The second-order valence-corrected chi connectivity index (χ2v) is 4.63. The summed E-state index contributed by atoms with van der Waals surface area (Å²) in [6.07, 6.45) is 2.20. The Morgan fingerprint density at radius 3 is 2.59 bits per heavy atom. The number of benzene rings is 1. The highest BCUT2D eigenvalue weighted by Gasteiger charge is 2.09. The Labute approximate surface area is 101 Å². The highest BCUT2D eigenvalue weighted by Crippen LogP contribution is 2.26. The molecule has 0 bridgehead atoms. The van der Waals surface area contributed by atoms with E-state index >= 15 is 0 Å². The van der Waals surface area contributed by atoms with Crippen LogP contribution in [0.2, 0.25) is 0 Å². The van der Waals surface area contributed by atoms with Crippen molar-refractivity contribution < 1.29 is 9.90 Å². The Morgan fingerprint density at radius 1 is 1.24 bits per heavy atom. The molecule has 3 heteroatoms. The molecule has 0 aliphatic rings. The summed E-state index contributed by atoms with van der Waals surface area (Å²) in [5.74, 6) is -0.756. The molecule has 1 aromatic heterocycles. The van der Waals surface area contributed by atoms with Crippen molar-refractivity contribution in [3.8, 4) is 0 Å². The molecule has 0 amide bonds. The molecule has 90 valence electrons. The van der Waals surface area contributed by atoms with Crippen LogP contribution in [0.1, 0.15) is 23.1 Å². The zero-order valence-corrected chi connectivity index (χ0v) is 10.4. The minimum atomic E-state index is -0.756. The minimum Gasteiger partial charge on any atom is -0.481 e. The van der Waals surface area contributed by atoms with Crippen molar-refractivity contribution in [1.29, 1.82) is 0 Å². The lowest BCUT2D eigenvalue weighted by Gasteiger charge is -2.05. The molecule has 1 aromatic carbocycles. The topological polar surface area (TPSA) is 42.2 Å².